The van der Waals surface area contributed by atoms with E-state index in [4.69, 9.17) is 0 Å². The Morgan fingerprint density at radius 3 is 2.50 bits per heavy atom. The summed E-state index contributed by atoms with van der Waals surface area (Å²) in [5.74, 6) is -1.08. The summed E-state index contributed by atoms with van der Waals surface area (Å²) < 4.78 is 27.3. The number of nitro groups is 1. The number of esters is 1. The average molecular weight is 248 g/mol. The van der Waals surface area contributed by atoms with E-state index in [9.17, 15) is 23.3 Å². The molecule has 0 unspecified atom stereocenters. The van der Waals surface area contributed by atoms with E-state index in [1.54, 1.807) is 0 Å². The van der Waals surface area contributed by atoms with E-state index in [2.05, 4.69) is 4.74 Å². The van der Waals surface area contributed by atoms with Gasteiger partial charge in [0.1, 0.15) is 0 Å². The van der Waals surface area contributed by atoms with E-state index >= 15 is 0 Å². The van der Waals surface area contributed by atoms with Gasteiger partial charge in [0.05, 0.1) is 18.3 Å². The predicted octanol–water partition coefficient (Wildman–Crippen LogP) is -0.00940. The Labute approximate surface area is 90.6 Å². The normalized spacial score (nSPS) is 11.1. The van der Waals surface area contributed by atoms with Crippen LogP contribution >= 0.6 is 0 Å². The molecule has 0 aliphatic carbocycles. The Kier molecular flexibility index (Phi) is 2.99. The lowest BCUT2D eigenvalue weighted by atomic mass is 10.4. The third kappa shape index (κ3) is 2.03. The SMILES string of the molecule is COC(=O)c1c([N+](=O)[O-])ccn1S(C)(=O)=O. The van der Waals surface area contributed by atoms with Crippen molar-refractivity contribution in [2.75, 3.05) is 13.4 Å². The van der Waals surface area contributed by atoms with Crippen LogP contribution < -0.4 is 0 Å². The average Bonchev–Trinajstić information content (AvgIpc) is 2.59. The number of nitrogens with zero attached hydrogens (tertiary/aromatic N) is 2. The van der Waals surface area contributed by atoms with Gasteiger partial charge in [-0.15, -0.1) is 0 Å². The van der Waals surface area contributed by atoms with Crippen molar-refractivity contribution in [3.05, 3.63) is 28.1 Å². The van der Waals surface area contributed by atoms with Crippen molar-refractivity contribution >= 4 is 21.7 Å². The van der Waals surface area contributed by atoms with Crippen molar-refractivity contribution in [1.29, 1.82) is 0 Å². The lowest BCUT2D eigenvalue weighted by Crippen LogP contribution is -2.17. The number of ether oxygens (including phenoxy) is 1. The first-order chi connectivity index (χ1) is 7.29. The highest BCUT2D eigenvalue weighted by atomic mass is 32.2. The van der Waals surface area contributed by atoms with E-state index in [1.807, 2.05) is 0 Å². The summed E-state index contributed by atoms with van der Waals surface area (Å²) in [6.07, 6.45) is 1.75. The van der Waals surface area contributed by atoms with Crippen LogP contribution in [0.15, 0.2) is 12.3 Å². The third-order valence-electron chi connectivity index (χ3n) is 1.76. The number of aromatic nitrogens is 1. The summed E-state index contributed by atoms with van der Waals surface area (Å²) in [5, 5.41) is 10.6. The topological polar surface area (TPSA) is 109 Å². The summed E-state index contributed by atoms with van der Waals surface area (Å²) in [7, 11) is -2.78. The second kappa shape index (κ2) is 3.93. The highest BCUT2D eigenvalue weighted by Gasteiger charge is 2.29. The lowest BCUT2D eigenvalue weighted by molar-refractivity contribution is -0.385. The van der Waals surface area contributed by atoms with Crippen molar-refractivity contribution in [2.24, 2.45) is 0 Å². The maximum atomic E-state index is 11.3. The molecule has 0 aliphatic heterocycles. The summed E-state index contributed by atoms with van der Waals surface area (Å²) >= 11 is 0. The van der Waals surface area contributed by atoms with Crippen LogP contribution in [0.3, 0.4) is 0 Å². The van der Waals surface area contributed by atoms with Gasteiger partial charge in [-0.05, 0) is 0 Å². The molecule has 0 saturated heterocycles. The molecule has 8 nitrogen and oxygen atoms in total. The van der Waals surface area contributed by atoms with Crippen LogP contribution in [0.1, 0.15) is 10.5 Å². The quantitative estimate of drug-likeness (QED) is 0.423. The molecule has 0 atom stereocenters. The van der Waals surface area contributed by atoms with Crippen LogP contribution in [-0.2, 0) is 14.8 Å². The number of hydrogen-bond acceptors (Lipinski definition) is 6. The molecular weight excluding hydrogens is 240 g/mol. The first-order valence-corrected chi connectivity index (χ1v) is 5.78. The Hall–Kier alpha value is -1.90. The van der Waals surface area contributed by atoms with Crippen LogP contribution in [-0.4, -0.2) is 36.6 Å². The Bertz CT molecular complexity index is 543. The maximum Gasteiger partial charge on any atom is 0.362 e. The van der Waals surface area contributed by atoms with Crippen LogP contribution in [0, 0.1) is 10.1 Å². The van der Waals surface area contributed by atoms with E-state index in [0.29, 0.717) is 3.97 Å². The highest BCUT2D eigenvalue weighted by molar-refractivity contribution is 7.89. The molecule has 1 aromatic heterocycles. The molecule has 1 heterocycles. The van der Waals surface area contributed by atoms with Crippen LogP contribution in [0.4, 0.5) is 5.69 Å². The molecule has 1 aromatic rings. The standard InChI is InChI=1S/C7H8N2O6S/c1-15-7(10)6-5(9(11)12)3-4-8(6)16(2,13)14/h3-4H,1-2H3. The molecule has 0 radical (unpaired) electrons. The fraction of sp³-hybridized carbons (Fsp3) is 0.286. The van der Waals surface area contributed by atoms with Crippen LogP contribution in [0.25, 0.3) is 0 Å². The highest BCUT2D eigenvalue weighted by Crippen LogP contribution is 2.21. The van der Waals surface area contributed by atoms with Gasteiger partial charge in [-0.25, -0.2) is 17.2 Å². The van der Waals surface area contributed by atoms with Gasteiger partial charge in [0.2, 0.25) is 15.7 Å². The maximum absolute atomic E-state index is 11.3. The fourth-order valence-corrected chi connectivity index (χ4v) is 1.90. The summed E-state index contributed by atoms with van der Waals surface area (Å²) in [6, 6.07) is 0.924. The molecule has 1 rings (SSSR count). The van der Waals surface area contributed by atoms with Crippen molar-refractivity contribution in [3.63, 3.8) is 0 Å². The zero-order valence-electron chi connectivity index (χ0n) is 8.41. The number of rotatable bonds is 3. The minimum atomic E-state index is -3.79. The first-order valence-electron chi connectivity index (χ1n) is 3.93. The summed E-state index contributed by atoms with van der Waals surface area (Å²) in [5.41, 5.74) is -1.23. The number of hydrogen-bond donors (Lipinski definition) is 0. The van der Waals surface area contributed by atoms with Gasteiger partial charge in [0.15, 0.2) is 0 Å². The Morgan fingerprint density at radius 2 is 2.12 bits per heavy atom. The number of methoxy groups -OCH3 is 1. The third-order valence-corrected chi connectivity index (χ3v) is 2.78. The molecule has 88 valence electrons. The summed E-state index contributed by atoms with van der Waals surface area (Å²) in [4.78, 5) is 21.0. The monoisotopic (exact) mass is 248 g/mol. The van der Waals surface area contributed by atoms with Gasteiger partial charge in [0, 0.05) is 12.3 Å². The largest absolute Gasteiger partial charge is 0.464 e. The van der Waals surface area contributed by atoms with E-state index in [0.717, 1.165) is 25.6 Å². The van der Waals surface area contributed by atoms with Gasteiger partial charge in [-0.1, -0.05) is 0 Å². The molecule has 9 heteroatoms. The van der Waals surface area contributed by atoms with Gasteiger partial charge >= 0.3 is 11.7 Å². The van der Waals surface area contributed by atoms with Crippen molar-refractivity contribution < 1.29 is 22.9 Å². The zero-order chi connectivity index (χ0) is 12.5. The Morgan fingerprint density at radius 1 is 1.56 bits per heavy atom. The first kappa shape index (κ1) is 12.2. The molecule has 0 N–H and O–H groups in total. The predicted molar refractivity (Wildman–Crippen MR) is 52.7 cm³/mol. The minimum absolute atomic E-state index is 0.511. The molecule has 0 saturated carbocycles. The minimum Gasteiger partial charge on any atom is -0.464 e. The van der Waals surface area contributed by atoms with E-state index in [-0.39, 0.29) is 0 Å². The van der Waals surface area contributed by atoms with Gasteiger partial charge in [-0.2, -0.15) is 0 Å². The molecule has 0 amide bonds. The fourth-order valence-electron chi connectivity index (χ4n) is 1.12. The smallest absolute Gasteiger partial charge is 0.362 e. The van der Waals surface area contributed by atoms with Crippen molar-refractivity contribution in [1.82, 2.24) is 3.97 Å². The molecule has 0 aromatic carbocycles. The molecule has 0 aliphatic rings. The Balaban J connectivity index is 3.55. The molecule has 0 fully saturated rings. The van der Waals surface area contributed by atoms with Crippen molar-refractivity contribution in [3.8, 4) is 0 Å². The van der Waals surface area contributed by atoms with Crippen LogP contribution in [0.5, 0.6) is 0 Å². The molecule has 0 bridgehead atoms. The van der Waals surface area contributed by atoms with Crippen LogP contribution in [0.2, 0.25) is 0 Å². The van der Waals surface area contributed by atoms with Gasteiger partial charge < -0.3 is 4.74 Å². The zero-order valence-corrected chi connectivity index (χ0v) is 9.22. The number of carbonyl (C=O) groups is 1. The summed E-state index contributed by atoms with van der Waals surface area (Å²) in [6.45, 7) is 0. The lowest BCUT2D eigenvalue weighted by Gasteiger charge is -2.03. The number of carbonyl (C=O) groups excluding carboxylic acids is 1. The second-order valence-electron chi connectivity index (χ2n) is 2.86. The van der Waals surface area contributed by atoms with Gasteiger partial charge in [0.25, 0.3) is 0 Å². The molecule has 0 spiro atoms. The molecular formula is C7H8N2O6S. The van der Waals surface area contributed by atoms with E-state index < -0.39 is 32.3 Å². The van der Waals surface area contributed by atoms with Crippen molar-refractivity contribution in [2.45, 2.75) is 0 Å². The molecule has 16 heavy (non-hydrogen) atoms. The second-order valence-corrected chi connectivity index (χ2v) is 4.72. The van der Waals surface area contributed by atoms with E-state index in [1.165, 1.54) is 0 Å². The van der Waals surface area contributed by atoms with Gasteiger partial charge in [-0.3, -0.25) is 10.1 Å².